The van der Waals surface area contributed by atoms with Crippen LogP contribution in [0.2, 0.25) is 0 Å². The van der Waals surface area contributed by atoms with E-state index in [1.54, 1.807) is 12.4 Å². The first kappa shape index (κ1) is 21.0. The molecule has 1 aromatic heterocycles. The van der Waals surface area contributed by atoms with E-state index in [4.69, 9.17) is 0 Å². The van der Waals surface area contributed by atoms with E-state index >= 15 is 0 Å². The van der Waals surface area contributed by atoms with Crippen LogP contribution in [0.4, 0.5) is 10.7 Å². The van der Waals surface area contributed by atoms with E-state index in [0.717, 1.165) is 57.1 Å². The van der Waals surface area contributed by atoms with Crippen molar-refractivity contribution in [3.05, 3.63) is 53.9 Å². The Morgan fingerprint density at radius 3 is 2.59 bits per heavy atom. The summed E-state index contributed by atoms with van der Waals surface area (Å²) in [4.78, 5) is 25.6. The molecule has 2 amide bonds. The third-order valence-electron chi connectivity index (χ3n) is 5.44. The number of amides is 2. The van der Waals surface area contributed by atoms with E-state index in [2.05, 4.69) is 62.4 Å². The van der Waals surface area contributed by atoms with Crippen molar-refractivity contribution in [2.45, 2.75) is 45.8 Å². The van der Waals surface area contributed by atoms with E-state index in [9.17, 15) is 4.79 Å². The van der Waals surface area contributed by atoms with Crippen molar-refractivity contribution in [1.29, 1.82) is 0 Å². The minimum absolute atomic E-state index is 0.0958. The fourth-order valence-electron chi connectivity index (χ4n) is 3.72. The molecular weight excluding hydrogens is 364 g/mol. The molecule has 1 saturated heterocycles. The molecule has 1 atom stereocenters. The second kappa shape index (κ2) is 10.8. The maximum Gasteiger partial charge on any atom is 0.315 e. The standard InChI is InChI=1S/C22H32N6O/c1-3-27(4-2)16-19-10-6-5-9-18(19)15-25-22(29)26-20-11-7-14-28(17-20)21-23-12-8-13-24-21/h5-6,8-10,12-13,20H,3-4,7,11,14-17H2,1-2H3,(H2,25,26,29). The molecular formula is C22H32N6O. The number of carbonyl (C=O) groups is 1. The smallest absolute Gasteiger partial charge is 0.315 e. The van der Waals surface area contributed by atoms with Gasteiger partial charge in [-0.15, -0.1) is 0 Å². The van der Waals surface area contributed by atoms with Gasteiger partial charge in [0.1, 0.15) is 0 Å². The minimum atomic E-state index is -0.122. The Bertz CT molecular complexity index is 765. The third kappa shape index (κ3) is 6.15. The molecule has 0 bridgehead atoms. The molecule has 0 radical (unpaired) electrons. The van der Waals surface area contributed by atoms with Crippen LogP contribution in [0.25, 0.3) is 0 Å². The summed E-state index contributed by atoms with van der Waals surface area (Å²) < 4.78 is 0. The summed E-state index contributed by atoms with van der Waals surface area (Å²) >= 11 is 0. The molecule has 2 aromatic rings. The average Bonchev–Trinajstić information content (AvgIpc) is 2.77. The molecule has 2 heterocycles. The predicted molar refractivity (Wildman–Crippen MR) is 116 cm³/mol. The monoisotopic (exact) mass is 396 g/mol. The largest absolute Gasteiger partial charge is 0.339 e. The number of benzene rings is 1. The Balaban J connectivity index is 1.51. The lowest BCUT2D eigenvalue weighted by Crippen LogP contribution is -2.50. The fourth-order valence-corrected chi connectivity index (χ4v) is 3.72. The third-order valence-corrected chi connectivity index (χ3v) is 5.44. The molecule has 156 valence electrons. The lowest BCUT2D eigenvalue weighted by molar-refractivity contribution is 0.234. The van der Waals surface area contributed by atoms with E-state index in [1.165, 1.54) is 5.56 Å². The highest BCUT2D eigenvalue weighted by Gasteiger charge is 2.22. The first-order valence-corrected chi connectivity index (χ1v) is 10.5. The number of hydrogen-bond donors (Lipinski definition) is 2. The lowest BCUT2D eigenvalue weighted by atomic mass is 10.1. The molecule has 2 N–H and O–H groups in total. The van der Waals surface area contributed by atoms with Crippen LogP contribution < -0.4 is 15.5 Å². The Kier molecular flexibility index (Phi) is 7.81. The number of rotatable bonds is 8. The quantitative estimate of drug-likeness (QED) is 0.718. The minimum Gasteiger partial charge on any atom is -0.339 e. The van der Waals surface area contributed by atoms with Crippen LogP contribution in [-0.4, -0.2) is 53.1 Å². The molecule has 7 heteroatoms. The van der Waals surface area contributed by atoms with Crippen LogP contribution in [0.1, 0.15) is 37.8 Å². The molecule has 3 rings (SSSR count). The number of aromatic nitrogens is 2. The van der Waals surface area contributed by atoms with Gasteiger partial charge in [0.15, 0.2) is 0 Å². The number of nitrogens with one attached hydrogen (secondary N) is 2. The van der Waals surface area contributed by atoms with Crippen molar-refractivity contribution < 1.29 is 4.79 Å². The highest BCUT2D eigenvalue weighted by atomic mass is 16.2. The first-order chi connectivity index (χ1) is 14.2. The zero-order valence-corrected chi connectivity index (χ0v) is 17.5. The van der Waals surface area contributed by atoms with Gasteiger partial charge in [0, 0.05) is 44.6 Å². The van der Waals surface area contributed by atoms with Gasteiger partial charge in [0.2, 0.25) is 5.95 Å². The normalized spacial score (nSPS) is 16.7. The Morgan fingerprint density at radius 2 is 1.86 bits per heavy atom. The van der Waals surface area contributed by atoms with Crippen LogP contribution in [0, 0.1) is 0 Å². The second-order valence-electron chi connectivity index (χ2n) is 7.39. The summed E-state index contributed by atoms with van der Waals surface area (Å²) in [5, 5.41) is 6.15. The van der Waals surface area contributed by atoms with E-state index in [1.807, 2.05) is 12.1 Å². The first-order valence-electron chi connectivity index (χ1n) is 10.5. The van der Waals surface area contributed by atoms with Crippen LogP contribution >= 0.6 is 0 Å². The highest BCUT2D eigenvalue weighted by molar-refractivity contribution is 5.74. The number of anilines is 1. The van der Waals surface area contributed by atoms with Crippen molar-refractivity contribution in [2.75, 3.05) is 31.1 Å². The van der Waals surface area contributed by atoms with Crippen LogP contribution in [0.3, 0.4) is 0 Å². The maximum atomic E-state index is 12.5. The van der Waals surface area contributed by atoms with Gasteiger partial charge in [0.25, 0.3) is 0 Å². The molecule has 1 unspecified atom stereocenters. The number of hydrogen-bond acceptors (Lipinski definition) is 5. The van der Waals surface area contributed by atoms with Gasteiger partial charge in [-0.05, 0) is 43.1 Å². The van der Waals surface area contributed by atoms with Gasteiger partial charge in [0.05, 0.1) is 0 Å². The lowest BCUT2D eigenvalue weighted by Gasteiger charge is -2.33. The zero-order valence-electron chi connectivity index (χ0n) is 17.5. The highest BCUT2D eigenvalue weighted by Crippen LogP contribution is 2.15. The van der Waals surface area contributed by atoms with Gasteiger partial charge in [-0.25, -0.2) is 14.8 Å². The molecule has 1 aliphatic rings. The number of urea groups is 1. The second-order valence-corrected chi connectivity index (χ2v) is 7.39. The summed E-state index contributed by atoms with van der Waals surface area (Å²) in [6.07, 6.45) is 5.48. The average molecular weight is 397 g/mol. The predicted octanol–water partition coefficient (Wildman–Crippen LogP) is 2.79. The summed E-state index contributed by atoms with van der Waals surface area (Å²) in [7, 11) is 0. The van der Waals surface area contributed by atoms with Gasteiger partial charge in [-0.2, -0.15) is 0 Å². The fraction of sp³-hybridized carbons (Fsp3) is 0.500. The molecule has 1 aliphatic heterocycles. The molecule has 0 spiro atoms. The molecule has 7 nitrogen and oxygen atoms in total. The maximum absolute atomic E-state index is 12.5. The van der Waals surface area contributed by atoms with Crippen molar-refractivity contribution in [3.8, 4) is 0 Å². The zero-order chi connectivity index (χ0) is 20.5. The molecule has 29 heavy (non-hydrogen) atoms. The van der Waals surface area contributed by atoms with Crippen molar-refractivity contribution in [2.24, 2.45) is 0 Å². The van der Waals surface area contributed by atoms with Crippen LogP contribution in [0.15, 0.2) is 42.7 Å². The summed E-state index contributed by atoms with van der Waals surface area (Å²) in [6, 6.07) is 10.1. The van der Waals surface area contributed by atoms with Crippen LogP contribution in [-0.2, 0) is 13.1 Å². The summed E-state index contributed by atoms with van der Waals surface area (Å²) in [5.41, 5.74) is 2.43. The van der Waals surface area contributed by atoms with Gasteiger partial charge in [-0.3, -0.25) is 4.90 Å². The van der Waals surface area contributed by atoms with Gasteiger partial charge in [-0.1, -0.05) is 38.1 Å². The summed E-state index contributed by atoms with van der Waals surface area (Å²) in [5.74, 6) is 0.727. The van der Waals surface area contributed by atoms with E-state index in [-0.39, 0.29) is 12.1 Å². The Morgan fingerprint density at radius 1 is 1.14 bits per heavy atom. The molecule has 1 aromatic carbocycles. The molecule has 0 aliphatic carbocycles. The topological polar surface area (TPSA) is 73.4 Å². The van der Waals surface area contributed by atoms with Crippen molar-refractivity contribution in [1.82, 2.24) is 25.5 Å². The van der Waals surface area contributed by atoms with Gasteiger partial charge >= 0.3 is 6.03 Å². The molecule has 1 fully saturated rings. The number of nitrogens with zero attached hydrogens (tertiary/aromatic N) is 4. The van der Waals surface area contributed by atoms with Gasteiger partial charge < -0.3 is 15.5 Å². The Labute approximate surface area is 173 Å². The van der Waals surface area contributed by atoms with Crippen LogP contribution in [0.5, 0.6) is 0 Å². The SMILES string of the molecule is CCN(CC)Cc1ccccc1CNC(=O)NC1CCCN(c2ncccn2)C1. The van der Waals surface area contributed by atoms with Crippen molar-refractivity contribution in [3.63, 3.8) is 0 Å². The van der Waals surface area contributed by atoms with Crippen molar-refractivity contribution >= 4 is 12.0 Å². The number of piperidine rings is 1. The van der Waals surface area contributed by atoms with E-state index < -0.39 is 0 Å². The summed E-state index contributed by atoms with van der Waals surface area (Å²) in [6.45, 7) is 9.46. The van der Waals surface area contributed by atoms with E-state index in [0.29, 0.717) is 6.54 Å². The number of carbonyl (C=O) groups excluding carboxylic acids is 1. The Hall–Kier alpha value is -2.67. The molecule has 0 saturated carbocycles.